The molecule has 1 saturated carbocycles. The second-order valence-corrected chi connectivity index (χ2v) is 6.21. The molecule has 2 aliphatic rings. The molecule has 3 rings (SSSR count). The summed E-state index contributed by atoms with van der Waals surface area (Å²) >= 11 is 0. The molecule has 0 saturated heterocycles. The Labute approximate surface area is 138 Å². The fourth-order valence-corrected chi connectivity index (χ4v) is 3.47. The van der Waals surface area contributed by atoms with Crippen LogP contribution < -0.4 is 15.8 Å². The maximum Gasteiger partial charge on any atom is 0.220 e. The number of nitrogens with one attached hydrogen (secondary N) is 1. The van der Waals surface area contributed by atoms with Crippen molar-refractivity contribution in [2.24, 2.45) is 11.7 Å². The highest BCUT2D eigenvalue weighted by Gasteiger charge is 2.27. The van der Waals surface area contributed by atoms with Crippen molar-refractivity contribution >= 4 is 18.3 Å². The van der Waals surface area contributed by atoms with Crippen molar-refractivity contribution in [1.29, 1.82) is 0 Å². The second kappa shape index (κ2) is 7.84. The van der Waals surface area contributed by atoms with E-state index in [2.05, 4.69) is 5.32 Å². The fourth-order valence-electron chi connectivity index (χ4n) is 3.47. The summed E-state index contributed by atoms with van der Waals surface area (Å²) in [7, 11) is 0. The summed E-state index contributed by atoms with van der Waals surface area (Å²) in [6.45, 7) is 0.658. The zero-order chi connectivity index (χ0) is 14.7. The minimum atomic E-state index is 0. The molecule has 1 aliphatic heterocycles. The highest BCUT2D eigenvalue weighted by atomic mass is 35.5. The maximum atomic E-state index is 12.3. The minimum absolute atomic E-state index is 0. The van der Waals surface area contributed by atoms with E-state index in [1.165, 1.54) is 12.8 Å². The van der Waals surface area contributed by atoms with E-state index in [0.29, 0.717) is 18.9 Å². The smallest absolute Gasteiger partial charge is 0.220 e. The van der Waals surface area contributed by atoms with Gasteiger partial charge in [0.2, 0.25) is 5.91 Å². The second-order valence-electron chi connectivity index (χ2n) is 6.21. The normalized spacial score (nSPS) is 27.0. The molecule has 22 heavy (non-hydrogen) atoms. The number of para-hydroxylation sites is 1. The van der Waals surface area contributed by atoms with Crippen molar-refractivity contribution in [2.75, 3.05) is 6.61 Å². The predicted octanol–water partition coefficient (Wildman–Crippen LogP) is 2.96. The molecule has 1 aromatic carbocycles. The molecule has 0 aromatic heterocycles. The number of fused-ring (bicyclic) bond motifs is 1. The van der Waals surface area contributed by atoms with Gasteiger partial charge in [-0.15, -0.1) is 12.4 Å². The van der Waals surface area contributed by atoms with Crippen LogP contribution >= 0.6 is 12.4 Å². The molecular weight excluding hydrogens is 300 g/mol. The number of hydrogen-bond donors (Lipinski definition) is 2. The van der Waals surface area contributed by atoms with E-state index in [1.807, 2.05) is 24.3 Å². The molecule has 3 unspecified atom stereocenters. The van der Waals surface area contributed by atoms with Gasteiger partial charge in [0, 0.05) is 24.4 Å². The van der Waals surface area contributed by atoms with Crippen LogP contribution in [0.2, 0.25) is 0 Å². The van der Waals surface area contributed by atoms with Gasteiger partial charge in [-0.25, -0.2) is 0 Å². The highest BCUT2D eigenvalue weighted by Crippen LogP contribution is 2.32. The summed E-state index contributed by atoms with van der Waals surface area (Å²) in [5, 5.41) is 3.17. The van der Waals surface area contributed by atoms with Gasteiger partial charge in [-0.3, -0.25) is 4.79 Å². The van der Waals surface area contributed by atoms with Crippen LogP contribution in [-0.4, -0.2) is 18.6 Å². The Morgan fingerprint density at radius 3 is 2.82 bits per heavy atom. The molecule has 1 amide bonds. The van der Waals surface area contributed by atoms with Crippen LogP contribution in [-0.2, 0) is 4.79 Å². The third-order valence-electron chi connectivity index (χ3n) is 4.71. The number of halogens is 1. The van der Waals surface area contributed by atoms with Crippen molar-refractivity contribution in [3.05, 3.63) is 29.8 Å². The largest absolute Gasteiger partial charge is 0.493 e. The summed E-state index contributed by atoms with van der Waals surface area (Å²) in [5.74, 6) is 1.36. The lowest BCUT2D eigenvalue weighted by molar-refractivity contribution is -0.123. The van der Waals surface area contributed by atoms with Crippen LogP contribution in [0, 0.1) is 5.92 Å². The van der Waals surface area contributed by atoms with Crippen LogP contribution in [0.1, 0.15) is 50.1 Å². The molecule has 1 fully saturated rings. The number of nitrogens with two attached hydrogens (primary N) is 1. The van der Waals surface area contributed by atoms with Crippen LogP contribution in [0.4, 0.5) is 0 Å². The zero-order valence-corrected chi connectivity index (χ0v) is 13.6. The number of hydrogen-bond acceptors (Lipinski definition) is 3. The molecule has 1 aliphatic carbocycles. The van der Waals surface area contributed by atoms with Crippen molar-refractivity contribution in [3.63, 3.8) is 0 Å². The number of carbonyl (C=O) groups is 1. The van der Waals surface area contributed by atoms with Gasteiger partial charge >= 0.3 is 0 Å². The van der Waals surface area contributed by atoms with Gasteiger partial charge in [0.15, 0.2) is 0 Å². The fraction of sp³-hybridized carbons (Fsp3) is 0.588. The topological polar surface area (TPSA) is 64.4 Å². The Morgan fingerprint density at radius 2 is 2.00 bits per heavy atom. The lowest BCUT2D eigenvalue weighted by Gasteiger charge is -2.30. The van der Waals surface area contributed by atoms with Gasteiger partial charge in [0.25, 0.3) is 0 Å². The Bertz CT molecular complexity index is 509. The Kier molecular flexibility index (Phi) is 6.09. The quantitative estimate of drug-likeness (QED) is 0.898. The Hall–Kier alpha value is -1.26. The molecule has 4 nitrogen and oxygen atoms in total. The van der Waals surface area contributed by atoms with Gasteiger partial charge < -0.3 is 15.8 Å². The lowest BCUT2D eigenvalue weighted by atomic mass is 9.83. The number of rotatable bonds is 3. The summed E-state index contributed by atoms with van der Waals surface area (Å²) in [6.07, 6.45) is 5.93. The third-order valence-corrected chi connectivity index (χ3v) is 4.71. The minimum Gasteiger partial charge on any atom is -0.493 e. The number of amides is 1. The third kappa shape index (κ3) is 3.93. The zero-order valence-electron chi connectivity index (χ0n) is 12.8. The molecule has 0 bridgehead atoms. The van der Waals surface area contributed by atoms with E-state index in [9.17, 15) is 4.79 Å². The van der Waals surface area contributed by atoms with Crippen molar-refractivity contribution in [3.8, 4) is 5.75 Å². The average Bonchev–Trinajstić information content (AvgIpc) is 2.50. The number of benzene rings is 1. The van der Waals surface area contributed by atoms with E-state index < -0.39 is 0 Å². The molecule has 122 valence electrons. The van der Waals surface area contributed by atoms with E-state index in [-0.39, 0.29) is 30.4 Å². The predicted molar refractivity (Wildman–Crippen MR) is 89.2 cm³/mol. The van der Waals surface area contributed by atoms with E-state index in [4.69, 9.17) is 10.5 Å². The van der Waals surface area contributed by atoms with Crippen molar-refractivity contribution in [1.82, 2.24) is 5.32 Å². The molecule has 0 spiro atoms. The maximum absolute atomic E-state index is 12.3. The molecule has 1 aromatic rings. The van der Waals surface area contributed by atoms with E-state index in [1.54, 1.807) is 0 Å². The SMILES string of the molecule is Cl.NC1CCCCC1CC(=O)NC1CCOc2ccccc21. The number of ether oxygens (including phenoxy) is 1. The van der Waals surface area contributed by atoms with E-state index >= 15 is 0 Å². The molecule has 3 atom stereocenters. The van der Waals surface area contributed by atoms with Crippen LogP contribution in [0.15, 0.2) is 24.3 Å². The summed E-state index contributed by atoms with van der Waals surface area (Å²) in [6, 6.07) is 8.21. The first-order chi connectivity index (χ1) is 10.2. The first-order valence-electron chi connectivity index (χ1n) is 8.00. The molecular formula is C17H25ClN2O2. The van der Waals surface area contributed by atoms with Crippen LogP contribution in [0.3, 0.4) is 0 Å². The van der Waals surface area contributed by atoms with Crippen LogP contribution in [0.25, 0.3) is 0 Å². The van der Waals surface area contributed by atoms with E-state index in [0.717, 1.165) is 30.6 Å². The molecule has 5 heteroatoms. The van der Waals surface area contributed by atoms with Gasteiger partial charge in [-0.05, 0) is 24.8 Å². The molecule has 1 heterocycles. The Morgan fingerprint density at radius 1 is 1.23 bits per heavy atom. The monoisotopic (exact) mass is 324 g/mol. The first-order valence-corrected chi connectivity index (χ1v) is 8.00. The van der Waals surface area contributed by atoms with Gasteiger partial charge in [-0.2, -0.15) is 0 Å². The summed E-state index contributed by atoms with van der Waals surface area (Å²) in [5.41, 5.74) is 7.22. The number of carbonyl (C=O) groups excluding carboxylic acids is 1. The molecule has 3 N–H and O–H groups in total. The summed E-state index contributed by atoms with van der Waals surface area (Å²) in [4.78, 5) is 12.3. The Balaban J connectivity index is 0.00000176. The van der Waals surface area contributed by atoms with Crippen LogP contribution in [0.5, 0.6) is 5.75 Å². The lowest BCUT2D eigenvalue weighted by Crippen LogP contribution is -2.38. The average molecular weight is 325 g/mol. The highest BCUT2D eigenvalue weighted by molar-refractivity contribution is 5.85. The summed E-state index contributed by atoms with van der Waals surface area (Å²) < 4.78 is 5.63. The molecule has 0 radical (unpaired) electrons. The standard InChI is InChI=1S/C17H24N2O2.ClH/c18-14-7-3-1-5-12(14)11-17(20)19-15-9-10-21-16-8-4-2-6-13(15)16;/h2,4,6,8,12,14-15H,1,3,5,7,9-11,18H2,(H,19,20);1H. The van der Waals surface area contributed by atoms with Crippen molar-refractivity contribution in [2.45, 2.75) is 50.6 Å². The first kappa shape index (κ1) is 17.1. The van der Waals surface area contributed by atoms with Gasteiger partial charge in [0.1, 0.15) is 5.75 Å². The van der Waals surface area contributed by atoms with Gasteiger partial charge in [0.05, 0.1) is 12.6 Å². The van der Waals surface area contributed by atoms with Gasteiger partial charge in [-0.1, -0.05) is 31.0 Å². The van der Waals surface area contributed by atoms with Crippen molar-refractivity contribution < 1.29 is 9.53 Å².